The van der Waals surface area contributed by atoms with Crippen molar-refractivity contribution in [1.82, 2.24) is 20.3 Å². The number of halogens is 4. The normalized spacial score (nSPS) is 12.9. The third kappa shape index (κ3) is 7.39. The van der Waals surface area contributed by atoms with Crippen molar-refractivity contribution >= 4 is 60.0 Å². The number of thiazole rings is 2. The summed E-state index contributed by atoms with van der Waals surface area (Å²) in [5.74, 6) is 0. The first-order valence-corrected chi connectivity index (χ1v) is 13.6. The van der Waals surface area contributed by atoms with E-state index in [1.165, 1.54) is 34.8 Å². The summed E-state index contributed by atoms with van der Waals surface area (Å²) in [6.45, 7) is 5.52. The van der Waals surface area contributed by atoms with Gasteiger partial charge in [-0.3, -0.25) is 4.98 Å². The van der Waals surface area contributed by atoms with Crippen LogP contribution >= 0.6 is 38.6 Å². The van der Waals surface area contributed by atoms with E-state index < -0.39 is 29.5 Å². The monoisotopic (exact) mass is 613 g/mol. The topological polar surface area (TPSA) is 89.0 Å². The van der Waals surface area contributed by atoms with Gasteiger partial charge in [-0.25, -0.2) is 14.8 Å². The van der Waals surface area contributed by atoms with Crippen LogP contribution in [0.15, 0.2) is 47.3 Å². The molecular formula is C24H23BrF3N5O2S2. The first kappa shape index (κ1) is 27.3. The fourth-order valence-corrected chi connectivity index (χ4v) is 6.09. The molecule has 0 fully saturated rings. The highest BCUT2D eigenvalue weighted by Crippen LogP contribution is 2.40. The highest BCUT2D eigenvalue weighted by molar-refractivity contribution is 9.10. The highest BCUT2D eigenvalue weighted by atomic mass is 79.9. The Balaban J connectivity index is 1.49. The number of nitrogens with zero attached hydrogens (tertiary/aromatic N) is 3. The minimum atomic E-state index is -4.41. The number of carbonyl (C=O) groups is 1. The number of aromatic nitrogens is 3. The van der Waals surface area contributed by atoms with Crippen LogP contribution in [0.5, 0.6) is 0 Å². The van der Waals surface area contributed by atoms with Crippen molar-refractivity contribution in [3.05, 3.63) is 58.5 Å². The van der Waals surface area contributed by atoms with Crippen molar-refractivity contribution in [1.29, 1.82) is 0 Å². The number of nitrogens with one attached hydrogen (secondary N) is 2. The number of ether oxygens (including phenoxy) is 1. The van der Waals surface area contributed by atoms with Crippen LogP contribution in [0.1, 0.15) is 31.9 Å². The van der Waals surface area contributed by atoms with Gasteiger partial charge in [-0.05, 0) is 66.9 Å². The number of carbonyl (C=O) groups excluding carboxylic acids is 1. The summed E-state index contributed by atoms with van der Waals surface area (Å²) in [6.07, 6.45) is -1.29. The Morgan fingerprint density at radius 2 is 1.84 bits per heavy atom. The summed E-state index contributed by atoms with van der Waals surface area (Å²) in [4.78, 5) is 26.6. The largest absolute Gasteiger partial charge is 0.444 e. The highest BCUT2D eigenvalue weighted by Gasteiger charge is 2.30. The van der Waals surface area contributed by atoms with Crippen LogP contribution in [0.2, 0.25) is 0 Å². The molecule has 2 N–H and O–H groups in total. The van der Waals surface area contributed by atoms with E-state index in [-0.39, 0.29) is 13.0 Å². The summed E-state index contributed by atoms with van der Waals surface area (Å²) in [6, 6.07) is 6.25. The standard InChI is InChI=1S/C24H23BrF3N5O2S2/c1-23(2,3)35-22(34)31-15(10-13-4-6-14(7-5-13)24(26,27)28)11-30-21-33-19(25)18(37-21)20-32-16-8-9-29-12-17(16)36-20/h4-9,12,15H,10-11H2,1-3H3,(H,30,33)(H,31,34). The third-order valence-corrected chi connectivity index (χ3v) is 7.96. The molecule has 37 heavy (non-hydrogen) atoms. The van der Waals surface area contributed by atoms with Gasteiger partial charge in [0.2, 0.25) is 0 Å². The maximum Gasteiger partial charge on any atom is 0.416 e. The zero-order valence-electron chi connectivity index (χ0n) is 20.0. The van der Waals surface area contributed by atoms with Gasteiger partial charge in [0.1, 0.15) is 15.2 Å². The van der Waals surface area contributed by atoms with Gasteiger partial charge in [0.05, 0.1) is 26.7 Å². The fraction of sp³-hybridized carbons (Fsp3) is 0.333. The molecule has 3 heterocycles. The molecule has 0 saturated carbocycles. The maximum absolute atomic E-state index is 12.9. The molecule has 13 heteroatoms. The summed E-state index contributed by atoms with van der Waals surface area (Å²) in [7, 11) is 0. The van der Waals surface area contributed by atoms with E-state index in [1.807, 2.05) is 6.07 Å². The molecule has 3 aromatic heterocycles. The zero-order chi connectivity index (χ0) is 26.8. The van der Waals surface area contributed by atoms with Gasteiger partial charge >= 0.3 is 12.3 Å². The summed E-state index contributed by atoms with van der Waals surface area (Å²) in [5.41, 5.74) is 0.0675. The van der Waals surface area contributed by atoms with Crippen LogP contribution in [-0.2, 0) is 17.3 Å². The van der Waals surface area contributed by atoms with Crippen LogP contribution in [0.4, 0.5) is 23.1 Å². The lowest BCUT2D eigenvalue weighted by Gasteiger charge is -2.24. The lowest BCUT2D eigenvalue weighted by Crippen LogP contribution is -2.43. The Hall–Kier alpha value is -2.77. The zero-order valence-corrected chi connectivity index (χ0v) is 23.2. The Kier molecular flexibility index (Phi) is 8.05. The molecule has 4 rings (SSSR count). The number of pyridine rings is 1. The summed E-state index contributed by atoms with van der Waals surface area (Å²) < 4.78 is 45.8. The van der Waals surface area contributed by atoms with E-state index in [9.17, 15) is 18.0 Å². The van der Waals surface area contributed by atoms with E-state index in [0.717, 1.165) is 32.2 Å². The molecule has 0 aliphatic heterocycles. The van der Waals surface area contributed by atoms with Crippen molar-refractivity contribution in [2.45, 2.75) is 45.0 Å². The van der Waals surface area contributed by atoms with Crippen molar-refractivity contribution in [3.8, 4) is 9.88 Å². The molecular weight excluding hydrogens is 591 g/mol. The molecule has 4 aromatic rings. The molecule has 0 aliphatic rings. The van der Waals surface area contributed by atoms with E-state index in [1.54, 1.807) is 33.2 Å². The van der Waals surface area contributed by atoms with Gasteiger partial charge in [0.25, 0.3) is 0 Å². The summed E-state index contributed by atoms with van der Waals surface area (Å²) in [5, 5.41) is 7.43. The molecule has 1 unspecified atom stereocenters. The lowest BCUT2D eigenvalue weighted by atomic mass is 10.0. The van der Waals surface area contributed by atoms with Gasteiger partial charge in [-0.1, -0.05) is 23.5 Å². The number of fused-ring (bicyclic) bond motifs is 1. The molecule has 0 aliphatic carbocycles. The van der Waals surface area contributed by atoms with Crippen molar-refractivity contribution in [2.75, 3.05) is 11.9 Å². The van der Waals surface area contributed by atoms with E-state index in [4.69, 9.17) is 4.74 Å². The molecule has 0 radical (unpaired) electrons. The Bertz CT molecular complexity index is 1350. The van der Waals surface area contributed by atoms with Crippen molar-refractivity contribution in [2.24, 2.45) is 0 Å². The number of hydrogen-bond donors (Lipinski definition) is 2. The smallest absolute Gasteiger partial charge is 0.416 e. The predicted octanol–water partition coefficient (Wildman–Crippen LogP) is 7.14. The average molecular weight is 615 g/mol. The van der Waals surface area contributed by atoms with Crippen LogP contribution < -0.4 is 10.6 Å². The van der Waals surface area contributed by atoms with E-state index in [2.05, 4.69) is 41.5 Å². The third-order valence-electron chi connectivity index (χ3n) is 4.96. The number of alkyl carbamates (subject to hydrolysis) is 1. The first-order chi connectivity index (χ1) is 17.4. The van der Waals surface area contributed by atoms with Gasteiger partial charge in [0.15, 0.2) is 5.13 Å². The number of alkyl halides is 3. The van der Waals surface area contributed by atoms with Crippen LogP contribution in [0.3, 0.4) is 0 Å². The number of benzene rings is 1. The van der Waals surface area contributed by atoms with E-state index in [0.29, 0.717) is 15.3 Å². The molecule has 0 saturated heterocycles. The minimum absolute atomic E-state index is 0.267. The first-order valence-electron chi connectivity index (χ1n) is 11.1. The second kappa shape index (κ2) is 10.9. The Morgan fingerprint density at radius 1 is 1.11 bits per heavy atom. The minimum Gasteiger partial charge on any atom is -0.444 e. The molecule has 1 atom stereocenters. The Morgan fingerprint density at radius 3 is 2.49 bits per heavy atom. The summed E-state index contributed by atoms with van der Waals surface area (Å²) >= 11 is 6.40. The quantitative estimate of drug-likeness (QED) is 0.230. The molecule has 0 bridgehead atoms. The number of amides is 1. The van der Waals surface area contributed by atoms with Gasteiger partial charge in [-0.2, -0.15) is 13.2 Å². The number of hydrogen-bond acceptors (Lipinski definition) is 8. The predicted molar refractivity (Wildman–Crippen MR) is 143 cm³/mol. The maximum atomic E-state index is 12.9. The average Bonchev–Trinajstić information content (AvgIpc) is 3.39. The SMILES string of the molecule is CC(C)(C)OC(=O)NC(CNc1nc(Br)c(-c2nc3ccncc3s2)s1)Cc1ccc(C(F)(F)F)cc1. The van der Waals surface area contributed by atoms with Gasteiger partial charge < -0.3 is 15.4 Å². The van der Waals surface area contributed by atoms with Crippen LogP contribution in [0.25, 0.3) is 20.1 Å². The number of anilines is 1. The van der Waals surface area contributed by atoms with Crippen molar-refractivity contribution in [3.63, 3.8) is 0 Å². The Labute approximate surface area is 227 Å². The van der Waals surface area contributed by atoms with Crippen LogP contribution in [0, 0.1) is 0 Å². The van der Waals surface area contributed by atoms with Gasteiger partial charge in [-0.15, -0.1) is 11.3 Å². The van der Waals surface area contributed by atoms with Crippen LogP contribution in [-0.4, -0.2) is 39.2 Å². The van der Waals surface area contributed by atoms with E-state index >= 15 is 0 Å². The molecule has 1 amide bonds. The molecule has 1 aromatic carbocycles. The molecule has 196 valence electrons. The number of rotatable bonds is 7. The second-order valence-electron chi connectivity index (χ2n) is 9.12. The second-order valence-corrected chi connectivity index (χ2v) is 11.9. The molecule has 7 nitrogen and oxygen atoms in total. The van der Waals surface area contributed by atoms with Crippen molar-refractivity contribution < 1.29 is 22.7 Å². The fourth-order valence-electron chi connectivity index (χ4n) is 3.36. The van der Waals surface area contributed by atoms with Gasteiger partial charge in [0, 0.05) is 18.9 Å². The molecule has 0 spiro atoms. The lowest BCUT2D eigenvalue weighted by molar-refractivity contribution is -0.137.